The molecular weight excluding hydrogens is 435 g/mol. The zero-order valence-electron chi connectivity index (χ0n) is 9.12. The van der Waals surface area contributed by atoms with Gasteiger partial charge in [0.2, 0.25) is 0 Å². The maximum atomic E-state index is 6.24. The number of rotatable bonds is 1. The fourth-order valence-electron chi connectivity index (χ4n) is 1.68. The van der Waals surface area contributed by atoms with Gasteiger partial charge in [-0.05, 0) is 39.5 Å². The van der Waals surface area contributed by atoms with Crippen LogP contribution in [0.3, 0.4) is 0 Å². The molecule has 7 heteroatoms. The molecular formula is C12H4Br2Cl2N2S. The van der Waals surface area contributed by atoms with E-state index in [0.29, 0.717) is 16.0 Å². The van der Waals surface area contributed by atoms with E-state index in [9.17, 15) is 0 Å². The van der Waals surface area contributed by atoms with Crippen molar-refractivity contribution >= 4 is 77.3 Å². The summed E-state index contributed by atoms with van der Waals surface area (Å²) in [5.41, 5.74) is 0.766. The lowest BCUT2D eigenvalue weighted by atomic mass is 10.2. The van der Waals surface area contributed by atoms with Crippen molar-refractivity contribution < 1.29 is 0 Å². The van der Waals surface area contributed by atoms with Crippen molar-refractivity contribution in [3.05, 3.63) is 42.7 Å². The summed E-state index contributed by atoms with van der Waals surface area (Å²) in [6, 6.07) is 5.63. The third-order valence-electron chi connectivity index (χ3n) is 2.49. The van der Waals surface area contributed by atoms with Crippen LogP contribution >= 0.6 is 66.4 Å². The summed E-state index contributed by atoms with van der Waals surface area (Å²) in [4.78, 5) is 9.69. The molecule has 0 radical (unpaired) electrons. The summed E-state index contributed by atoms with van der Waals surface area (Å²) in [5, 5.41) is 3.73. The Kier molecular flexibility index (Phi) is 3.84. The molecule has 0 aliphatic rings. The Morgan fingerprint density at radius 1 is 1.11 bits per heavy atom. The summed E-state index contributed by atoms with van der Waals surface area (Å²) in [7, 11) is 0. The Bertz CT molecular complexity index is 789. The summed E-state index contributed by atoms with van der Waals surface area (Å²) in [6.07, 6.45) is 0. The Morgan fingerprint density at radius 3 is 2.58 bits per heavy atom. The normalized spacial score (nSPS) is 11.2. The number of hydrogen-bond donors (Lipinski definition) is 0. The number of aromatic nitrogens is 2. The molecule has 0 atom stereocenters. The Hall–Kier alpha value is -0.200. The highest BCUT2D eigenvalue weighted by molar-refractivity contribution is 9.11. The minimum absolute atomic E-state index is 0.409. The molecule has 2 aromatic heterocycles. The number of hydrogen-bond acceptors (Lipinski definition) is 3. The van der Waals surface area contributed by atoms with Crippen LogP contribution in [0.25, 0.3) is 21.6 Å². The molecule has 2 nitrogen and oxygen atoms in total. The minimum Gasteiger partial charge on any atom is -0.226 e. The van der Waals surface area contributed by atoms with E-state index >= 15 is 0 Å². The van der Waals surface area contributed by atoms with Gasteiger partial charge in [0.25, 0.3) is 0 Å². The monoisotopic (exact) mass is 436 g/mol. The number of thiophene rings is 1. The van der Waals surface area contributed by atoms with Crippen molar-refractivity contribution in [3.8, 4) is 10.7 Å². The van der Waals surface area contributed by atoms with Gasteiger partial charge in [0.05, 0.1) is 15.4 Å². The van der Waals surface area contributed by atoms with Gasteiger partial charge in [-0.25, -0.2) is 9.97 Å². The average molecular weight is 439 g/mol. The van der Waals surface area contributed by atoms with Crippen LogP contribution in [-0.2, 0) is 0 Å². The van der Waals surface area contributed by atoms with E-state index in [1.807, 2.05) is 23.6 Å². The van der Waals surface area contributed by atoms with Crippen molar-refractivity contribution in [1.82, 2.24) is 9.97 Å². The lowest BCUT2D eigenvalue weighted by Crippen LogP contribution is -1.91. The van der Waals surface area contributed by atoms with Crippen LogP contribution in [0.5, 0.6) is 0 Å². The van der Waals surface area contributed by atoms with E-state index in [-0.39, 0.29) is 0 Å². The first-order valence-corrected chi connectivity index (χ1v) is 8.34. The molecule has 96 valence electrons. The molecule has 2 heterocycles. The number of nitrogens with zero attached hydrogens (tertiary/aromatic N) is 2. The van der Waals surface area contributed by atoms with Crippen LogP contribution in [0.2, 0.25) is 10.2 Å². The zero-order chi connectivity index (χ0) is 13.6. The highest BCUT2D eigenvalue weighted by Crippen LogP contribution is 2.36. The second kappa shape index (κ2) is 5.30. The molecule has 0 bridgehead atoms. The van der Waals surface area contributed by atoms with E-state index in [2.05, 4.69) is 41.8 Å². The maximum absolute atomic E-state index is 6.24. The predicted octanol–water partition coefficient (Wildman–Crippen LogP) is 6.19. The van der Waals surface area contributed by atoms with Crippen molar-refractivity contribution in [3.63, 3.8) is 0 Å². The molecule has 0 aliphatic carbocycles. The van der Waals surface area contributed by atoms with Gasteiger partial charge in [0.15, 0.2) is 5.82 Å². The third-order valence-corrected chi connectivity index (χ3v) is 5.18. The van der Waals surface area contributed by atoms with E-state index in [4.69, 9.17) is 23.2 Å². The highest BCUT2D eigenvalue weighted by Gasteiger charge is 2.14. The third kappa shape index (κ3) is 2.54. The maximum Gasteiger partial charge on any atom is 0.173 e. The van der Waals surface area contributed by atoms with Crippen LogP contribution < -0.4 is 0 Å². The molecule has 19 heavy (non-hydrogen) atoms. The molecule has 3 rings (SSSR count). The SMILES string of the molecule is Clc1ccsc1-c1nc(Cl)c2cc(Br)cc(Br)c2n1. The van der Waals surface area contributed by atoms with Crippen LogP contribution in [0, 0.1) is 0 Å². The van der Waals surface area contributed by atoms with Crippen molar-refractivity contribution in [1.29, 1.82) is 0 Å². The Balaban J connectivity index is 2.34. The van der Waals surface area contributed by atoms with Crippen LogP contribution in [0.4, 0.5) is 0 Å². The van der Waals surface area contributed by atoms with E-state index in [0.717, 1.165) is 24.7 Å². The second-order valence-electron chi connectivity index (χ2n) is 3.72. The van der Waals surface area contributed by atoms with E-state index in [1.165, 1.54) is 11.3 Å². The second-order valence-corrected chi connectivity index (χ2v) is 7.17. The molecule has 0 N–H and O–H groups in total. The molecule has 0 spiro atoms. The lowest BCUT2D eigenvalue weighted by molar-refractivity contribution is 1.23. The van der Waals surface area contributed by atoms with Gasteiger partial charge in [-0.3, -0.25) is 0 Å². The molecule has 0 unspecified atom stereocenters. The van der Waals surface area contributed by atoms with Crippen LogP contribution in [0.1, 0.15) is 0 Å². The number of fused-ring (bicyclic) bond motifs is 1. The van der Waals surface area contributed by atoms with Gasteiger partial charge in [-0.1, -0.05) is 39.1 Å². The first-order chi connectivity index (χ1) is 9.06. The first kappa shape index (κ1) is 13.8. The topological polar surface area (TPSA) is 25.8 Å². The number of benzene rings is 1. The van der Waals surface area contributed by atoms with Gasteiger partial charge in [0.1, 0.15) is 5.15 Å². The molecule has 3 aromatic rings. The minimum atomic E-state index is 0.409. The standard InChI is InChI=1S/C12H4Br2Cl2N2S/c13-5-3-6-9(7(14)4-5)17-12(18-11(6)16)10-8(15)1-2-19-10/h1-4H. The molecule has 0 fully saturated rings. The summed E-state index contributed by atoms with van der Waals surface area (Å²) >= 11 is 20.8. The van der Waals surface area contributed by atoms with Gasteiger partial charge >= 0.3 is 0 Å². The zero-order valence-corrected chi connectivity index (χ0v) is 14.6. The lowest BCUT2D eigenvalue weighted by Gasteiger charge is -2.06. The van der Waals surface area contributed by atoms with Gasteiger partial charge in [-0.2, -0.15) is 0 Å². The van der Waals surface area contributed by atoms with Crippen molar-refractivity contribution in [2.45, 2.75) is 0 Å². The summed E-state index contributed by atoms with van der Waals surface area (Å²) in [6.45, 7) is 0. The average Bonchev–Trinajstić information content (AvgIpc) is 2.76. The first-order valence-electron chi connectivity index (χ1n) is 5.12. The smallest absolute Gasteiger partial charge is 0.173 e. The van der Waals surface area contributed by atoms with Crippen molar-refractivity contribution in [2.75, 3.05) is 0 Å². The molecule has 0 aliphatic heterocycles. The Labute approximate surface area is 140 Å². The van der Waals surface area contributed by atoms with Gasteiger partial charge in [0, 0.05) is 14.3 Å². The van der Waals surface area contributed by atoms with Crippen LogP contribution in [-0.4, -0.2) is 9.97 Å². The number of halogens is 4. The molecule has 0 saturated heterocycles. The molecule has 0 amide bonds. The van der Waals surface area contributed by atoms with Crippen LogP contribution in [0.15, 0.2) is 32.5 Å². The fourth-order valence-corrected chi connectivity index (χ4v) is 4.29. The van der Waals surface area contributed by atoms with Crippen molar-refractivity contribution in [2.24, 2.45) is 0 Å². The summed E-state index contributed by atoms with van der Waals surface area (Å²) < 4.78 is 1.77. The summed E-state index contributed by atoms with van der Waals surface area (Å²) in [5.74, 6) is 0.542. The van der Waals surface area contributed by atoms with E-state index in [1.54, 1.807) is 0 Å². The van der Waals surface area contributed by atoms with Gasteiger partial charge in [-0.15, -0.1) is 11.3 Å². The molecule has 1 aromatic carbocycles. The fraction of sp³-hybridized carbons (Fsp3) is 0. The largest absolute Gasteiger partial charge is 0.226 e. The Morgan fingerprint density at radius 2 is 1.89 bits per heavy atom. The van der Waals surface area contributed by atoms with E-state index < -0.39 is 0 Å². The predicted molar refractivity (Wildman–Crippen MR) is 88.3 cm³/mol. The quantitative estimate of drug-likeness (QED) is 0.423. The highest BCUT2D eigenvalue weighted by atomic mass is 79.9. The molecule has 0 saturated carbocycles. The van der Waals surface area contributed by atoms with Gasteiger partial charge < -0.3 is 0 Å².